The summed E-state index contributed by atoms with van der Waals surface area (Å²) in [4.78, 5) is 0. The summed E-state index contributed by atoms with van der Waals surface area (Å²) < 4.78 is 128. The van der Waals surface area contributed by atoms with Gasteiger partial charge in [-0.05, 0) is 16.7 Å². The zero-order valence-corrected chi connectivity index (χ0v) is 31.7. The molecule has 0 N–H and O–H groups in total. The van der Waals surface area contributed by atoms with E-state index in [-0.39, 0.29) is 116 Å². The first-order valence-corrected chi connectivity index (χ1v) is 16.6. The van der Waals surface area contributed by atoms with Gasteiger partial charge in [-0.1, -0.05) is 65.6 Å². The maximum absolute atomic E-state index is 14.2. The minimum atomic E-state index is -4.74. The van der Waals surface area contributed by atoms with Gasteiger partial charge in [0.2, 0.25) is 0 Å². The maximum Gasteiger partial charge on any atom is 0.415 e. The molecular weight excluding hydrogens is 703 g/mol. The molecule has 0 amide bonds. The van der Waals surface area contributed by atoms with Crippen LogP contribution in [0.25, 0.3) is 16.7 Å². The summed E-state index contributed by atoms with van der Waals surface area (Å²) in [5.41, 5.74) is -3.28. The van der Waals surface area contributed by atoms with Crippen LogP contribution in [-0.2, 0) is 18.5 Å². The van der Waals surface area contributed by atoms with Gasteiger partial charge in [-0.3, -0.25) is 0 Å². The average Bonchev–Trinajstić information content (AvgIpc) is 3.76. The van der Waals surface area contributed by atoms with Gasteiger partial charge in [0, 0.05) is 33.4 Å². The highest BCUT2D eigenvalue weighted by Crippen LogP contribution is 2.55. The van der Waals surface area contributed by atoms with Gasteiger partial charge in [0.05, 0.1) is 16.7 Å². The molecule has 24 heteroatoms. The zero-order chi connectivity index (χ0) is 41.5. The number of hydrogen-bond donors (Lipinski definition) is 0. The Morgan fingerprint density at radius 1 is 0.315 bits per heavy atom. The van der Waals surface area contributed by atoms with Crippen molar-refractivity contribution in [3.8, 4) is 18.2 Å². The Hall–Kier alpha value is -4.50. The molecule has 0 radical (unpaired) electrons. The predicted molar refractivity (Wildman–Crippen MR) is 230 cm³/mol. The van der Waals surface area contributed by atoms with Crippen LogP contribution in [0.15, 0.2) is 16.7 Å². The molecule has 258 valence electrons. The first-order chi connectivity index (χ1) is 24.6. The van der Waals surface area contributed by atoms with E-state index in [4.69, 9.17) is 0 Å². The molecule has 0 unspecified atom stereocenters. The van der Waals surface area contributed by atoms with Gasteiger partial charge in [0.1, 0.15) is 112 Å². The van der Waals surface area contributed by atoms with Crippen LogP contribution in [0.1, 0.15) is 33.4 Å². The number of hydrogen-bond acceptors (Lipinski definition) is 3. The second kappa shape index (κ2) is 14.0. The molecule has 3 aromatic carbocycles. The van der Waals surface area contributed by atoms with Crippen LogP contribution < -0.4 is 65.6 Å². The lowest BCUT2D eigenvalue weighted by molar-refractivity contribution is -0.136. The highest BCUT2D eigenvalue weighted by atomic mass is 19.4. The summed E-state index contributed by atoms with van der Waals surface area (Å²) >= 11 is 0. The van der Waals surface area contributed by atoms with Crippen molar-refractivity contribution >= 4 is 176 Å². The van der Waals surface area contributed by atoms with E-state index < -0.39 is 35.2 Å². The third-order valence-electron chi connectivity index (χ3n) is 11.2. The van der Waals surface area contributed by atoms with Gasteiger partial charge in [-0.25, -0.2) is 0 Å². The molecule has 1 saturated carbocycles. The molecular formula is C30H24B12F9N3. The third kappa shape index (κ3) is 6.52. The number of benzene rings is 3. The fourth-order valence-corrected chi connectivity index (χ4v) is 7.99. The number of nitrogens with zero attached hydrogens (tertiary/aromatic N) is 3. The van der Waals surface area contributed by atoms with E-state index in [1.165, 1.54) is 94.2 Å². The smallest absolute Gasteiger partial charge is 0.192 e. The number of rotatable bonds is 3. The van der Waals surface area contributed by atoms with Crippen LogP contribution in [0.2, 0.25) is 0 Å². The van der Waals surface area contributed by atoms with Crippen molar-refractivity contribution in [1.29, 1.82) is 15.8 Å². The summed E-state index contributed by atoms with van der Waals surface area (Å²) in [7, 11) is 16.0. The molecule has 0 spiro atoms. The molecule has 0 bridgehead atoms. The second-order valence-corrected chi connectivity index (χ2v) is 13.8. The minimum Gasteiger partial charge on any atom is -0.192 e. The standard InChI is InChI=1S/C30H24B12F9N3/c31-16-10(17(32)23(38)13(22(16)37)28(43,44)45)4(1-52)7-8(5(2-53)11-18(33)24(39)14(29(46,47)48)25(40)19(11)34)9(7)6(3-54)12-20(35)26(41)15(30(49,50)51)27(42)21(12)36/h31-42H2. The van der Waals surface area contributed by atoms with Crippen LogP contribution in [0.3, 0.4) is 0 Å². The lowest BCUT2D eigenvalue weighted by Gasteiger charge is -2.23. The predicted octanol–water partition coefficient (Wildman–Crippen LogP) is -11.9. The Labute approximate surface area is 317 Å². The maximum atomic E-state index is 14.2. The minimum absolute atomic E-state index is 0.00151. The summed E-state index contributed by atoms with van der Waals surface area (Å²) in [5, 5.41) is 32.4. The number of nitriles is 3. The lowest BCUT2D eigenvalue weighted by atomic mass is 9.62. The Morgan fingerprint density at radius 2 is 0.463 bits per heavy atom. The van der Waals surface area contributed by atoms with Gasteiger partial charge >= 0.3 is 18.5 Å². The molecule has 0 saturated heterocycles. The van der Waals surface area contributed by atoms with E-state index in [1.54, 1.807) is 0 Å². The SMILES string of the molecule is Bc1c(B)c(C(F)(F)F)c(B)c(B)c1C(C#N)=C1C(=C(C#N)c2c(B)c(B)c(C(F)(F)F)c(B)c2B)C1=C(C#N)c1c(B)c(B)c(C(F)(F)F)c(B)c1B. The van der Waals surface area contributed by atoms with E-state index in [2.05, 4.69) is 18.2 Å². The van der Waals surface area contributed by atoms with Crippen LogP contribution in [0, 0.1) is 34.0 Å². The molecule has 1 fully saturated rings. The zero-order valence-electron chi connectivity index (χ0n) is 31.7. The van der Waals surface area contributed by atoms with Crippen LogP contribution in [-0.4, -0.2) is 94.2 Å². The van der Waals surface area contributed by atoms with E-state index in [9.17, 15) is 55.3 Å². The molecule has 3 nitrogen and oxygen atoms in total. The molecule has 4 rings (SSSR count). The first-order valence-electron chi connectivity index (χ1n) is 16.6. The van der Waals surface area contributed by atoms with Crippen molar-refractivity contribution in [2.45, 2.75) is 18.5 Å². The number of allylic oxidation sites excluding steroid dienone is 6. The van der Waals surface area contributed by atoms with Crippen LogP contribution >= 0.6 is 0 Å². The molecule has 0 aliphatic heterocycles. The monoisotopic (exact) mass is 729 g/mol. The lowest BCUT2D eigenvalue weighted by Crippen LogP contribution is -2.49. The Balaban J connectivity index is 2.38. The van der Waals surface area contributed by atoms with Crippen molar-refractivity contribution < 1.29 is 39.5 Å². The normalized spacial score (nSPS) is 12.9. The fraction of sp³-hybridized carbons (Fsp3) is 0.100. The molecule has 0 atom stereocenters. The topological polar surface area (TPSA) is 71.4 Å². The van der Waals surface area contributed by atoms with Gasteiger partial charge < -0.3 is 0 Å². The first kappa shape index (κ1) is 42.2. The highest BCUT2D eigenvalue weighted by molar-refractivity contribution is 6.62. The summed E-state index contributed by atoms with van der Waals surface area (Å²) in [5.74, 6) is 0. The molecule has 0 heterocycles. The molecule has 3 aromatic rings. The van der Waals surface area contributed by atoms with E-state index >= 15 is 0 Å². The van der Waals surface area contributed by atoms with E-state index in [1.807, 2.05) is 0 Å². The molecule has 54 heavy (non-hydrogen) atoms. The number of alkyl halides is 9. The Morgan fingerprint density at radius 3 is 0.574 bits per heavy atom. The quantitative estimate of drug-likeness (QED) is 0.153. The van der Waals surface area contributed by atoms with Crippen molar-refractivity contribution in [2.75, 3.05) is 0 Å². The fourth-order valence-electron chi connectivity index (χ4n) is 7.99. The molecule has 1 aliphatic rings. The number of halogens is 9. The van der Waals surface area contributed by atoms with Crippen LogP contribution in [0.5, 0.6) is 0 Å². The van der Waals surface area contributed by atoms with Gasteiger partial charge in [0.25, 0.3) is 0 Å². The van der Waals surface area contributed by atoms with Crippen molar-refractivity contribution in [3.05, 3.63) is 50.1 Å². The van der Waals surface area contributed by atoms with Gasteiger partial charge in [-0.2, -0.15) is 55.3 Å². The highest BCUT2D eigenvalue weighted by Gasteiger charge is 2.45. The third-order valence-corrected chi connectivity index (χ3v) is 11.2. The average molecular weight is 727 g/mol. The second-order valence-electron chi connectivity index (χ2n) is 13.8. The van der Waals surface area contributed by atoms with Crippen molar-refractivity contribution in [1.82, 2.24) is 0 Å². The largest absolute Gasteiger partial charge is 0.415 e. The summed E-state index contributed by atoms with van der Waals surface area (Å²) in [6.45, 7) is 0. The Kier molecular flexibility index (Phi) is 10.9. The molecule has 1 aliphatic carbocycles. The van der Waals surface area contributed by atoms with E-state index in [0.29, 0.717) is 0 Å². The summed E-state index contributed by atoms with van der Waals surface area (Å²) in [6, 6.07) is 6.21. The Bertz CT molecular complexity index is 2090. The van der Waals surface area contributed by atoms with E-state index in [0.717, 1.165) is 0 Å². The van der Waals surface area contributed by atoms with Crippen molar-refractivity contribution in [2.24, 2.45) is 0 Å². The summed E-state index contributed by atoms with van der Waals surface area (Å²) in [6.07, 6.45) is -14.2. The van der Waals surface area contributed by atoms with Gasteiger partial charge in [-0.15, -0.1) is 0 Å². The van der Waals surface area contributed by atoms with Gasteiger partial charge in [0.15, 0.2) is 0 Å². The molecule has 0 aromatic heterocycles. The van der Waals surface area contributed by atoms with Crippen LogP contribution in [0.4, 0.5) is 39.5 Å². The van der Waals surface area contributed by atoms with Crippen molar-refractivity contribution in [3.63, 3.8) is 0 Å².